The van der Waals surface area contributed by atoms with Crippen LogP contribution in [0.4, 0.5) is 0 Å². The molecule has 1 heterocycles. The summed E-state index contributed by atoms with van der Waals surface area (Å²) in [7, 11) is 0. The number of amides is 1. The maximum Gasteiger partial charge on any atom is 0.257 e. The largest absolute Gasteiger partial charge is 0.507 e. The average molecular weight is 325 g/mol. The summed E-state index contributed by atoms with van der Waals surface area (Å²) in [5, 5.41) is 9.85. The lowest BCUT2D eigenvalue weighted by Gasteiger charge is -2.34. The summed E-state index contributed by atoms with van der Waals surface area (Å²) in [5.74, 6) is -0.0237. The number of carbonyl (C=O) groups is 1. The van der Waals surface area contributed by atoms with Crippen molar-refractivity contribution in [2.24, 2.45) is 0 Å². The zero-order valence-electron chi connectivity index (χ0n) is 10.7. The normalized spacial score (nSPS) is 20.6. The van der Waals surface area contributed by atoms with Crippen LogP contribution in [0.15, 0.2) is 22.7 Å². The van der Waals surface area contributed by atoms with Gasteiger partial charge in [0.2, 0.25) is 0 Å². The highest BCUT2D eigenvalue weighted by Crippen LogP contribution is 2.28. The second-order valence-electron chi connectivity index (χ2n) is 5.22. The van der Waals surface area contributed by atoms with Gasteiger partial charge in [-0.3, -0.25) is 9.69 Å². The van der Waals surface area contributed by atoms with E-state index in [1.54, 1.807) is 18.2 Å². The number of benzene rings is 1. The molecule has 19 heavy (non-hydrogen) atoms. The van der Waals surface area contributed by atoms with E-state index in [1.165, 1.54) is 12.8 Å². The fraction of sp³-hybridized carbons (Fsp3) is 0.500. The molecule has 1 aromatic carbocycles. The highest BCUT2D eigenvalue weighted by atomic mass is 79.9. The van der Waals surface area contributed by atoms with Gasteiger partial charge in [-0.2, -0.15) is 0 Å². The Morgan fingerprint density at radius 1 is 1.21 bits per heavy atom. The van der Waals surface area contributed by atoms with Crippen molar-refractivity contribution >= 4 is 21.8 Å². The summed E-state index contributed by atoms with van der Waals surface area (Å²) in [6.07, 6.45) is 2.61. The van der Waals surface area contributed by atoms with E-state index < -0.39 is 0 Å². The molecule has 1 aliphatic heterocycles. The minimum Gasteiger partial charge on any atom is -0.507 e. The maximum atomic E-state index is 12.4. The zero-order valence-corrected chi connectivity index (χ0v) is 12.3. The quantitative estimate of drug-likeness (QED) is 0.905. The van der Waals surface area contributed by atoms with Crippen LogP contribution in [-0.4, -0.2) is 53.0 Å². The number of hydrogen-bond acceptors (Lipinski definition) is 3. The van der Waals surface area contributed by atoms with E-state index in [0.29, 0.717) is 5.56 Å². The van der Waals surface area contributed by atoms with Crippen LogP contribution in [0.1, 0.15) is 23.2 Å². The number of hydrogen-bond donors (Lipinski definition) is 1. The average Bonchev–Trinajstić information content (AvgIpc) is 3.22. The van der Waals surface area contributed by atoms with Gasteiger partial charge in [0, 0.05) is 36.7 Å². The molecule has 3 rings (SSSR count). The molecule has 1 amide bonds. The van der Waals surface area contributed by atoms with Gasteiger partial charge in [-0.15, -0.1) is 0 Å². The summed E-state index contributed by atoms with van der Waals surface area (Å²) in [4.78, 5) is 16.7. The zero-order chi connectivity index (χ0) is 13.4. The lowest BCUT2D eigenvalue weighted by Crippen LogP contribution is -2.49. The molecule has 0 radical (unpaired) electrons. The smallest absolute Gasteiger partial charge is 0.257 e. The van der Waals surface area contributed by atoms with Gasteiger partial charge in [-0.25, -0.2) is 0 Å². The number of halogens is 1. The lowest BCUT2D eigenvalue weighted by atomic mass is 10.1. The number of phenols is 1. The summed E-state index contributed by atoms with van der Waals surface area (Å²) < 4.78 is 0.778. The van der Waals surface area contributed by atoms with Crippen molar-refractivity contribution in [3.63, 3.8) is 0 Å². The van der Waals surface area contributed by atoms with Crippen LogP contribution >= 0.6 is 15.9 Å². The Kier molecular flexibility index (Phi) is 3.50. The summed E-state index contributed by atoms with van der Waals surface area (Å²) in [6, 6.07) is 5.79. The third-order valence-corrected chi connectivity index (χ3v) is 4.35. The summed E-state index contributed by atoms with van der Waals surface area (Å²) >= 11 is 3.28. The van der Waals surface area contributed by atoms with Crippen molar-refractivity contribution in [3.8, 4) is 5.75 Å². The molecule has 4 nitrogen and oxygen atoms in total. The number of phenolic OH excluding ortho intramolecular Hbond substituents is 1. The minimum absolute atomic E-state index is 0.0454. The fourth-order valence-electron chi connectivity index (χ4n) is 2.59. The molecule has 1 aromatic rings. The Hall–Kier alpha value is -1.07. The van der Waals surface area contributed by atoms with Gasteiger partial charge in [0.1, 0.15) is 5.75 Å². The molecule has 2 aliphatic rings. The van der Waals surface area contributed by atoms with Gasteiger partial charge in [-0.1, -0.05) is 15.9 Å². The molecule has 1 N–H and O–H groups in total. The van der Waals surface area contributed by atoms with Crippen LogP contribution in [0.5, 0.6) is 5.75 Å². The number of piperazine rings is 1. The van der Waals surface area contributed by atoms with Crippen LogP contribution in [-0.2, 0) is 0 Å². The van der Waals surface area contributed by atoms with E-state index in [2.05, 4.69) is 20.8 Å². The van der Waals surface area contributed by atoms with Crippen LogP contribution < -0.4 is 0 Å². The van der Waals surface area contributed by atoms with Gasteiger partial charge in [0.15, 0.2) is 0 Å². The third kappa shape index (κ3) is 2.77. The second-order valence-corrected chi connectivity index (χ2v) is 6.14. The molecule has 0 atom stereocenters. The number of nitrogens with zero attached hydrogens (tertiary/aromatic N) is 2. The standard InChI is InChI=1S/C14H17BrN2O2/c15-10-1-4-12(13(18)9-10)14(19)17-7-5-16(6-8-17)11-2-3-11/h1,4,9,11,18H,2-3,5-8H2. The summed E-state index contributed by atoms with van der Waals surface area (Å²) in [6.45, 7) is 3.41. The van der Waals surface area contributed by atoms with Gasteiger partial charge >= 0.3 is 0 Å². The van der Waals surface area contributed by atoms with Crippen molar-refractivity contribution in [2.45, 2.75) is 18.9 Å². The van der Waals surface area contributed by atoms with Crippen molar-refractivity contribution in [1.29, 1.82) is 0 Å². The van der Waals surface area contributed by atoms with Crippen LogP contribution in [0.25, 0.3) is 0 Å². The van der Waals surface area contributed by atoms with Gasteiger partial charge in [0.05, 0.1) is 5.56 Å². The van der Waals surface area contributed by atoms with Gasteiger partial charge in [0.25, 0.3) is 5.91 Å². The van der Waals surface area contributed by atoms with Gasteiger partial charge in [-0.05, 0) is 31.0 Å². The van der Waals surface area contributed by atoms with E-state index in [4.69, 9.17) is 0 Å². The van der Waals surface area contributed by atoms with Crippen LogP contribution in [0, 0.1) is 0 Å². The van der Waals surface area contributed by atoms with Crippen molar-refractivity contribution in [3.05, 3.63) is 28.2 Å². The van der Waals surface area contributed by atoms with E-state index in [0.717, 1.165) is 36.7 Å². The maximum absolute atomic E-state index is 12.4. The molecule has 0 bridgehead atoms. The number of rotatable bonds is 2. The number of aromatic hydroxyl groups is 1. The molecule has 0 aromatic heterocycles. The molecule has 0 spiro atoms. The molecule has 2 fully saturated rings. The topological polar surface area (TPSA) is 43.8 Å². The first-order chi connectivity index (χ1) is 9.15. The Bertz CT molecular complexity index is 494. The van der Waals surface area contributed by atoms with E-state index in [-0.39, 0.29) is 11.7 Å². The molecule has 5 heteroatoms. The molecule has 1 saturated carbocycles. The first-order valence-electron chi connectivity index (χ1n) is 6.67. The third-order valence-electron chi connectivity index (χ3n) is 3.85. The van der Waals surface area contributed by atoms with E-state index in [9.17, 15) is 9.90 Å². The lowest BCUT2D eigenvalue weighted by molar-refractivity contribution is 0.0624. The molecule has 102 valence electrons. The number of carbonyl (C=O) groups excluding carboxylic acids is 1. The Morgan fingerprint density at radius 3 is 2.47 bits per heavy atom. The Balaban J connectivity index is 1.67. The van der Waals surface area contributed by atoms with Crippen molar-refractivity contribution in [1.82, 2.24) is 9.80 Å². The highest BCUT2D eigenvalue weighted by molar-refractivity contribution is 9.10. The van der Waals surface area contributed by atoms with Gasteiger partial charge < -0.3 is 10.0 Å². The molecule has 1 saturated heterocycles. The second kappa shape index (κ2) is 5.13. The molecule has 0 unspecified atom stereocenters. The van der Waals surface area contributed by atoms with Crippen LogP contribution in [0.2, 0.25) is 0 Å². The first kappa shape index (κ1) is 12.9. The van der Waals surface area contributed by atoms with Crippen LogP contribution in [0.3, 0.4) is 0 Å². The van der Waals surface area contributed by atoms with E-state index in [1.807, 2.05) is 4.90 Å². The predicted molar refractivity (Wildman–Crippen MR) is 76.3 cm³/mol. The molecule has 1 aliphatic carbocycles. The minimum atomic E-state index is -0.0690. The first-order valence-corrected chi connectivity index (χ1v) is 7.46. The fourth-order valence-corrected chi connectivity index (χ4v) is 2.93. The monoisotopic (exact) mass is 324 g/mol. The SMILES string of the molecule is O=C(c1ccc(Br)cc1O)N1CCN(C2CC2)CC1. The van der Waals surface area contributed by atoms with Crippen molar-refractivity contribution in [2.75, 3.05) is 26.2 Å². The predicted octanol–water partition coefficient (Wildman–Crippen LogP) is 2.07. The Morgan fingerprint density at radius 2 is 1.89 bits per heavy atom. The molecular formula is C14H17BrN2O2. The van der Waals surface area contributed by atoms with Crippen molar-refractivity contribution < 1.29 is 9.90 Å². The Labute approximate surface area is 121 Å². The highest BCUT2D eigenvalue weighted by Gasteiger charge is 2.32. The van der Waals surface area contributed by atoms with E-state index >= 15 is 0 Å². The summed E-state index contributed by atoms with van der Waals surface area (Å²) in [5.41, 5.74) is 0.392. The molecular weight excluding hydrogens is 308 g/mol.